The second-order valence-corrected chi connectivity index (χ2v) is 14.4. The van der Waals surface area contributed by atoms with E-state index in [9.17, 15) is 0 Å². The summed E-state index contributed by atoms with van der Waals surface area (Å²) in [6.07, 6.45) is 0.958. The zero-order chi connectivity index (χ0) is 36.3. The third kappa shape index (κ3) is 5.18. The lowest BCUT2D eigenvalue weighted by molar-refractivity contribution is 0.670. The Labute approximate surface area is 320 Å². The molecule has 1 aliphatic rings. The molecule has 0 saturated heterocycles. The third-order valence-corrected chi connectivity index (χ3v) is 11.4. The van der Waals surface area contributed by atoms with Crippen molar-refractivity contribution in [2.75, 3.05) is 4.90 Å². The van der Waals surface area contributed by atoms with Crippen LogP contribution in [0.15, 0.2) is 205 Å². The summed E-state index contributed by atoms with van der Waals surface area (Å²) < 4.78 is 6.59. The fraction of sp³-hybridized carbons (Fsp3) is 0.0189. The predicted octanol–water partition coefficient (Wildman–Crippen LogP) is 14.8. The van der Waals surface area contributed by atoms with E-state index in [1.54, 1.807) is 0 Å². The van der Waals surface area contributed by atoms with Crippen LogP contribution in [0.4, 0.5) is 17.1 Å². The molecule has 1 heterocycles. The van der Waals surface area contributed by atoms with Crippen molar-refractivity contribution in [3.63, 3.8) is 0 Å². The van der Waals surface area contributed by atoms with Gasteiger partial charge in [-0.15, -0.1) is 0 Å². The molecule has 0 spiro atoms. The number of hydrogen-bond acceptors (Lipinski definition) is 2. The van der Waals surface area contributed by atoms with Gasteiger partial charge >= 0.3 is 0 Å². The standard InChI is InChI=1S/C53H35NO/c1-3-15-41-35(12-1)14-9-19-42(41)36-26-30-39(31-27-36)54(40-32-28-37(29-33-40)43-20-10-21-45-44-16-4-2-13-38(44)34-50(43)45)51-24-7-5-17-46(51)48-22-11-23-49-47-18-6-8-25-52(47)55-53(48)49/h1-33H,34H2. The van der Waals surface area contributed by atoms with Crippen molar-refractivity contribution in [1.82, 2.24) is 0 Å². The van der Waals surface area contributed by atoms with E-state index in [4.69, 9.17) is 4.42 Å². The molecular formula is C53H35NO. The summed E-state index contributed by atoms with van der Waals surface area (Å²) in [5.41, 5.74) is 17.7. The van der Waals surface area contributed by atoms with Crippen molar-refractivity contribution in [2.45, 2.75) is 6.42 Å². The fourth-order valence-corrected chi connectivity index (χ4v) is 8.77. The molecule has 0 N–H and O–H groups in total. The van der Waals surface area contributed by atoms with E-state index in [2.05, 4.69) is 199 Å². The van der Waals surface area contributed by atoms with Crippen LogP contribution in [0.25, 0.3) is 77.2 Å². The topological polar surface area (TPSA) is 16.4 Å². The summed E-state index contributed by atoms with van der Waals surface area (Å²) in [6.45, 7) is 0. The molecule has 0 saturated carbocycles. The van der Waals surface area contributed by atoms with Gasteiger partial charge in [-0.3, -0.25) is 0 Å². The number of furan rings is 1. The number of anilines is 3. The van der Waals surface area contributed by atoms with Gasteiger partial charge in [0.2, 0.25) is 0 Å². The molecule has 0 amide bonds. The van der Waals surface area contributed by atoms with Gasteiger partial charge in [-0.1, -0.05) is 164 Å². The summed E-state index contributed by atoms with van der Waals surface area (Å²) in [6, 6.07) is 72.3. The quantitative estimate of drug-likeness (QED) is 0.172. The highest BCUT2D eigenvalue weighted by Gasteiger charge is 2.23. The number of benzene rings is 9. The monoisotopic (exact) mass is 701 g/mol. The molecular weight excluding hydrogens is 667 g/mol. The van der Waals surface area contributed by atoms with Crippen LogP contribution < -0.4 is 4.90 Å². The molecule has 1 aliphatic carbocycles. The van der Waals surface area contributed by atoms with Gasteiger partial charge < -0.3 is 9.32 Å². The van der Waals surface area contributed by atoms with Gasteiger partial charge in [0, 0.05) is 33.3 Å². The minimum Gasteiger partial charge on any atom is -0.455 e. The van der Waals surface area contributed by atoms with Crippen molar-refractivity contribution in [2.24, 2.45) is 0 Å². The Bertz CT molecular complexity index is 3060. The molecule has 2 heteroatoms. The highest BCUT2D eigenvalue weighted by Crippen LogP contribution is 2.46. The van der Waals surface area contributed by atoms with Crippen molar-refractivity contribution in [1.29, 1.82) is 0 Å². The van der Waals surface area contributed by atoms with Crippen LogP contribution in [0.3, 0.4) is 0 Å². The second kappa shape index (κ2) is 12.8. The van der Waals surface area contributed by atoms with Crippen molar-refractivity contribution < 1.29 is 4.42 Å². The van der Waals surface area contributed by atoms with Gasteiger partial charge in [-0.2, -0.15) is 0 Å². The van der Waals surface area contributed by atoms with E-state index < -0.39 is 0 Å². The summed E-state index contributed by atoms with van der Waals surface area (Å²) in [5.74, 6) is 0. The van der Waals surface area contributed by atoms with E-state index in [0.29, 0.717) is 0 Å². The molecule has 11 rings (SSSR count). The molecule has 9 aromatic carbocycles. The first kappa shape index (κ1) is 31.4. The van der Waals surface area contributed by atoms with Crippen molar-refractivity contribution in [3.05, 3.63) is 211 Å². The first-order valence-electron chi connectivity index (χ1n) is 19.0. The van der Waals surface area contributed by atoms with Crippen LogP contribution in [-0.2, 0) is 6.42 Å². The number of hydrogen-bond donors (Lipinski definition) is 0. The maximum atomic E-state index is 6.59. The average Bonchev–Trinajstić information content (AvgIpc) is 3.83. The molecule has 0 aliphatic heterocycles. The number of para-hydroxylation sites is 3. The highest BCUT2D eigenvalue weighted by atomic mass is 16.3. The Morgan fingerprint density at radius 1 is 0.364 bits per heavy atom. The van der Waals surface area contributed by atoms with Crippen LogP contribution >= 0.6 is 0 Å². The van der Waals surface area contributed by atoms with E-state index in [1.165, 1.54) is 55.3 Å². The van der Waals surface area contributed by atoms with Crippen molar-refractivity contribution in [3.8, 4) is 44.5 Å². The normalized spacial score (nSPS) is 11.9. The van der Waals surface area contributed by atoms with E-state index in [-0.39, 0.29) is 0 Å². The van der Waals surface area contributed by atoms with E-state index in [1.807, 2.05) is 6.07 Å². The first-order chi connectivity index (χ1) is 27.3. The van der Waals surface area contributed by atoms with E-state index >= 15 is 0 Å². The predicted molar refractivity (Wildman–Crippen MR) is 230 cm³/mol. The average molecular weight is 702 g/mol. The minimum absolute atomic E-state index is 0.898. The van der Waals surface area contributed by atoms with Gasteiger partial charge in [0.05, 0.1) is 5.69 Å². The van der Waals surface area contributed by atoms with E-state index in [0.717, 1.165) is 56.5 Å². The second-order valence-electron chi connectivity index (χ2n) is 14.4. The lowest BCUT2D eigenvalue weighted by Crippen LogP contribution is -2.11. The molecule has 10 aromatic rings. The molecule has 0 atom stereocenters. The fourth-order valence-electron chi connectivity index (χ4n) is 8.77. The number of fused-ring (bicyclic) bond motifs is 7. The minimum atomic E-state index is 0.898. The zero-order valence-electron chi connectivity index (χ0n) is 30.1. The smallest absolute Gasteiger partial charge is 0.143 e. The molecule has 0 unspecified atom stereocenters. The van der Waals surface area contributed by atoms with Crippen LogP contribution in [0.1, 0.15) is 11.1 Å². The van der Waals surface area contributed by atoms with Crippen molar-refractivity contribution >= 4 is 49.8 Å². The maximum Gasteiger partial charge on any atom is 0.143 e. The van der Waals surface area contributed by atoms with Crippen LogP contribution in [-0.4, -0.2) is 0 Å². The largest absolute Gasteiger partial charge is 0.455 e. The Hall–Kier alpha value is -7.16. The summed E-state index contributed by atoms with van der Waals surface area (Å²) in [4.78, 5) is 2.39. The van der Waals surface area contributed by atoms with Gasteiger partial charge in [-0.25, -0.2) is 0 Å². The number of rotatable bonds is 6. The van der Waals surface area contributed by atoms with Gasteiger partial charge in [-0.05, 0) is 98.1 Å². The SMILES string of the molecule is c1ccc2c(c1)Cc1c(-c3ccc(N(c4ccc(-c5cccc6ccccc56)cc4)c4ccccc4-c4cccc5c4oc4ccccc45)cc3)cccc1-2. The Balaban J connectivity index is 1.06. The number of nitrogens with zero attached hydrogens (tertiary/aromatic N) is 1. The molecule has 0 fully saturated rings. The van der Waals surface area contributed by atoms with Gasteiger partial charge in [0.25, 0.3) is 0 Å². The Morgan fingerprint density at radius 3 is 1.75 bits per heavy atom. The molecule has 2 nitrogen and oxygen atoms in total. The Morgan fingerprint density at radius 2 is 0.909 bits per heavy atom. The van der Waals surface area contributed by atoms with Crippen LogP contribution in [0, 0.1) is 0 Å². The molecule has 0 radical (unpaired) electrons. The molecule has 258 valence electrons. The summed E-state index contributed by atoms with van der Waals surface area (Å²) in [7, 11) is 0. The van der Waals surface area contributed by atoms with Gasteiger partial charge in [0.1, 0.15) is 11.2 Å². The summed E-state index contributed by atoms with van der Waals surface area (Å²) >= 11 is 0. The summed E-state index contributed by atoms with van der Waals surface area (Å²) in [5, 5.41) is 4.75. The van der Waals surface area contributed by atoms with Crippen LogP contribution in [0.5, 0.6) is 0 Å². The highest BCUT2D eigenvalue weighted by molar-refractivity contribution is 6.11. The molecule has 0 bridgehead atoms. The van der Waals surface area contributed by atoms with Gasteiger partial charge in [0.15, 0.2) is 0 Å². The van der Waals surface area contributed by atoms with Crippen LogP contribution in [0.2, 0.25) is 0 Å². The zero-order valence-corrected chi connectivity index (χ0v) is 30.1. The third-order valence-electron chi connectivity index (χ3n) is 11.4. The lowest BCUT2D eigenvalue weighted by atomic mass is 9.95. The molecule has 1 aromatic heterocycles. The Kier molecular flexibility index (Phi) is 7.28. The first-order valence-corrected chi connectivity index (χ1v) is 19.0. The molecule has 55 heavy (non-hydrogen) atoms. The maximum absolute atomic E-state index is 6.59. The lowest BCUT2D eigenvalue weighted by Gasteiger charge is -2.28.